The summed E-state index contributed by atoms with van der Waals surface area (Å²) in [4.78, 5) is 22.9. The number of allylic oxidation sites excluding steroid dienone is 5. The van der Waals surface area contributed by atoms with Gasteiger partial charge in [0.15, 0.2) is 11.6 Å². The van der Waals surface area contributed by atoms with E-state index in [1.165, 1.54) is 12.2 Å². The van der Waals surface area contributed by atoms with E-state index in [1.54, 1.807) is 29.6 Å². The number of carbonyl (C=O) groups is 2. The van der Waals surface area contributed by atoms with E-state index in [2.05, 4.69) is 0 Å². The molecule has 0 aromatic rings. The van der Waals surface area contributed by atoms with Gasteiger partial charge in [-0.1, -0.05) is 0 Å². The third kappa shape index (κ3) is 3.22. The monoisotopic (exact) mass is 352 g/mol. The summed E-state index contributed by atoms with van der Waals surface area (Å²) in [6.45, 7) is 0. The van der Waals surface area contributed by atoms with Gasteiger partial charge in [-0.3, -0.25) is 9.59 Å². The third-order valence-electron chi connectivity index (χ3n) is 1.77. The van der Waals surface area contributed by atoms with Crippen molar-refractivity contribution in [1.82, 2.24) is 0 Å². The fourth-order valence-corrected chi connectivity index (χ4v) is 2.75. The Balaban J connectivity index is 3.12. The predicted octanol–water partition coefficient (Wildman–Crippen LogP) is 2.95. The molecule has 0 spiro atoms. The van der Waals surface area contributed by atoms with E-state index in [9.17, 15) is 9.59 Å². The molecule has 2 nitrogen and oxygen atoms in total. The van der Waals surface area contributed by atoms with E-state index < -0.39 is 0 Å². The molecule has 0 aromatic heterocycles. The molecule has 0 amide bonds. The second-order valence-corrected chi connectivity index (χ2v) is 5.69. The Morgan fingerprint density at radius 1 is 1.20 bits per heavy atom. The van der Waals surface area contributed by atoms with Crippen LogP contribution in [-0.2, 0) is 9.59 Å². The van der Waals surface area contributed by atoms with Gasteiger partial charge in [0.2, 0.25) is 0 Å². The predicted molar refractivity (Wildman–Crippen MR) is 75.3 cm³/mol. The third-order valence-corrected chi connectivity index (χ3v) is 4.92. The van der Waals surface area contributed by atoms with Crippen molar-refractivity contribution < 1.29 is 9.59 Å². The van der Waals surface area contributed by atoms with Crippen molar-refractivity contribution >= 4 is 57.7 Å². The standard InChI is InChI=1S/C10H9IO2S2/c1-14-9(15-2)5-6-7(12)3-4-8(13)10(6)11/h3-5H,1-2H3. The van der Waals surface area contributed by atoms with E-state index >= 15 is 0 Å². The quantitative estimate of drug-likeness (QED) is 0.578. The SMILES string of the molecule is CSC(=CC1=C(I)C(=O)C=CC1=O)SC. The van der Waals surface area contributed by atoms with Crippen molar-refractivity contribution in [2.75, 3.05) is 12.5 Å². The van der Waals surface area contributed by atoms with Gasteiger partial charge in [0.25, 0.3) is 0 Å². The van der Waals surface area contributed by atoms with Gasteiger partial charge >= 0.3 is 0 Å². The summed E-state index contributed by atoms with van der Waals surface area (Å²) in [5, 5.41) is 0. The van der Waals surface area contributed by atoms with Crippen LogP contribution in [0.25, 0.3) is 0 Å². The second-order valence-electron chi connectivity index (χ2n) is 2.66. The Kier molecular flexibility index (Phi) is 5.14. The van der Waals surface area contributed by atoms with E-state index in [1.807, 2.05) is 35.1 Å². The number of rotatable bonds is 3. The molecule has 0 saturated heterocycles. The lowest BCUT2D eigenvalue weighted by Gasteiger charge is -2.07. The molecule has 0 aromatic carbocycles. The van der Waals surface area contributed by atoms with Gasteiger partial charge in [0, 0.05) is 9.81 Å². The van der Waals surface area contributed by atoms with Gasteiger partial charge in [-0.25, -0.2) is 0 Å². The molecular weight excluding hydrogens is 343 g/mol. The fourth-order valence-electron chi connectivity index (χ4n) is 1.01. The van der Waals surface area contributed by atoms with Crippen molar-refractivity contribution in [1.29, 1.82) is 0 Å². The summed E-state index contributed by atoms with van der Waals surface area (Å²) < 4.78 is 1.52. The normalized spacial score (nSPS) is 15.9. The first-order valence-electron chi connectivity index (χ1n) is 4.06. The topological polar surface area (TPSA) is 34.1 Å². The van der Waals surface area contributed by atoms with E-state index in [4.69, 9.17) is 0 Å². The van der Waals surface area contributed by atoms with Crippen molar-refractivity contribution in [3.05, 3.63) is 31.6 Å². The van der Waals surface area contributed by atoms with Crippen molar-refractivity contribution in [3.8, 4) is 0 Å². The molecular formula is C10H9IO2S2. The van der Waals surface area contributed by atoms with Crippen LogP contribution in [0.1, 0.15) is 0 Å². The molecule has 5 heteroatoms. The molecule has 15 heavy (non-hydrogen) atoms. The summed E-state index contributed by atoms with van der Waals surface area (Å²) in [5.41, 5.74) is 0.502. The zero-order valence-electron chi connectivity index (χ0n) is 8.24. The lowest BCUT2D eigenvalue weighted by atomic mass is 10.0. The van der Waals surface area contributed by atoms with E-state index in [-0.39, 0.29) is 11.6 Å². The highest BCUT2D eigenvalue weighted by atomic mass is 127. The summed E-state index contributed by atoms with van der Waals surface area (Å²) in [6.07, 6.45) is 8.32. The van der Waals surface area contributed by atoms with Crippen LogP contribution in [0.4, 0.5) is 0 Å². The molecule has 0 aliphatic heterocycles. The van der Waals surface area contributed by atoms with Gasteiger partial charge < -0.3 is 0 Å². The highest BCUT2D eigenvalue weighted by molar-refractivity contribution is 14.1. The Morgan fingerprint density at radius 2 is 1.73 bits per heavy atom. The van der Waals surface area contributed by atoms with Crippen LogP contribution >= 0.6 is 46.1 Å². The van der Waals surface area contributed by atoms with Crippen LogP contribution < -0.4 is 0 Å². The van der Waals surface area contributed by atoms with Gasteiger partial charge in [0.05, 0.1) is 3.58 Å². The van der Waals surface area contributed by atoms with Crippen molar-refractivity contribution in [2.24, 2.45) is 0 Å². The molecule has 0 unspecified atom stereocenters. The average molecular weight is 352 g/mol. The minimum absolute atomic E-state index is 0.0944. The molecule has 0 N–H and O–H groups in total. The van der Waals surface area contributed by atoms with Gasteiger partial charge in [-0.05, 0) is 53.3 Å². The van der Waals surface area contributed by atoms with Gasteiger partial charge in [-0.15, -0.1) is 23.5 Å². The van der Waals surface area contributed by atoms with Crippen molar-refractivity contribution in [3.63, 3.8) is 0 Å². The van der Waals surface area contributed by atoms with Crippen LogP contribution in [0.3, 0.4) is 0 Å². The van der Waals surface area contributed by atoms with Crippen LogP contribution in [0.2, 0.25) is 0 Å². The average Bonchev–Trinajstić information content (AvgIpc) is 2.24. The molecule has 1 aliphatic rings. The first-order valence-corrected chi connectivity index (χ1v) is 7.59. The largest absolute Gasteiger partial charge is 0.289 e. The Morgan fingerprint density at radius 3 is 2.27 bits per heavy atom. The smallest absolute Gasteiger partial charge is 0.192 e. The molecule has 80 valence electrons. The first kappa shape index (κ1) is 13.1. The summed E-state index contributed by atoms with van der Waals surface area (Å²) in [5.74, 6) is -0.192. The number of carbonyl (C=O) groups excluding carboxylic acids is 2. The highest BCUT2D eigenvalue weighted by Crippen LogP contribution is 2.29. The maximum absolute atomic E-state index is 11.6. The van der Waals surface area contributed by atoms with E-state index in [0.717, 1.165) is 4.24 Å². The first-order chi connectivity index (χ1) is 7.10. The number of hydrogen-bond donors (Lipinski definition) is 0. The van der Waals surface area contributed by atoms with Crippen LogP contribution in [0, 0.1) is 0 Å². The minimum atomic E-state index is -0.0976. The van der Waals surface area contributed by atoms with Gasteiger partial charge in [0.1, 0.15) is 0 Å². The molecule has 1 rings (SSSR count). The zero-order chi connectivity index (χ0) is 11.4. The lowest BCUT2D eigenvalue weighted by molar-refractivity contribution is -0.114. The molecule has 0 saturated carbocycles. The Bertz CT molecular complexity index is 388. The fraction of sp³-hybridized carbons (Fsp3) is 0.200. The number of ketones is 2. The molecule has 1 aliphatic carbocycles. The minimum Gasteiger partial charge on any atom is -0.289 e. The molecule has 0 radical (unpaired) electrons. The maximum Gasteiger partial charge on any atom is 0.192 e. The van der Waals surface area contributed by atoms with Crippen molar-refractivity contribution in [2.45, 2.75) is 0 Å². The van der Waals surface area contributed by atoms with Crippen LogP contribution in [0.15, 0.2) is 31.6 Å². The molecule has 0 atom stereocenters. The summed E-state index contributed by atoms with van der Waals surface area (Å²) in [6, 6.07) is 0. The Labute approximate surface area is 111 Å². The maximum atomic E-state index is 11.6. The highest BCUT2D eigenvalue weighted by Gasteiger charge is 2.19. The number of hydrogen-bond acceptors (Lipinski definition) is 4. The Hall–Kier alpha value is -0.0100. The number of thioether (sulfide) groups is 2. The molecule has 0 heterocycles. The van der Waals surface area contributed by atoms with Crippen LogP contribution in [-0.4, -0.2) is 24.1 Å². The van der Waals surface area contributed by atoms with Gasteiger partial charge in [-0.2, -0.15) is 0 Å². The van der Waals surface area contributed by atoms with Crippen LogP contribution in [0.5, 0.6) is 0 Å². The zero-order valence-corrected chi connectivity index (χ0v) is 12.0. The lowest BCUT2D eigenvalue weighted by Crippen LogP contribution is -2.09. The summed E-state index contributed by atoms with van der Waals surface area (Å²) in [7, 11) is 0. The molecule has 0 bridgehead atoms. The number of halogens is 1. The summed E-state index contributed by atoms with van der Waals surface area (Å²) >= 11 is 5.06. The second kappa shape index (κ2) is 5.91. The van der Waals surface area contributed by atoms with E-state index in [0.29, 0.717) is 9.15 Å². The molecule has 0 fully saturated rings.